The number of anilines is 2. The Balaban J connectivity index is 2.30. The zero-order valence-corrected chi connectivity index (χ0v) is 14.6. The normalized spacial score (nSPS) is 11.0. The molecule has 22 heavy (non-hydrogen) atoms. The Morgan fingerprint density at radius 2 is 1.82 bits per heavy atom. The molecule has 0 aromatic heterocycles. The predicted octanol–water partition coefficient (Wildman–Crippen LogP) is 3.86. The number of amides is 1. The molecule has 0 saturated heterocycles. The van der Waals surface area contributed by atoms with Crippen molar-refractivity contribution >= 4 is 54.8 Å². The lowest BCUT2D eigenvalue weighted by molar-refractivity contribution is -0.114. The molecular weight excluding hydrogens is 392 g/mol. The second-order valence-corrected chi connectivity index (χ2v) is 7.42. The van der Waals surface area contributed by atoms with E-state index in [0.29, 0.717) is 15.8 Å². The van der Waals surface area contributed by atoms with E-state index in [0.717, 1.165) is 0 Å². The van der Waals surface area contributed by atoms with Crippen molar-refractivity contribution in [3.05, 3.63) is 52.0 Å². The lowest BCUT2D eigenvalue weighted by Crippen LogP contribution is -2.14. The van der Waals surface area contributed by atoms with Crippen molar-refractivity contribution in [2.45, 2.75) is 11.8 Å². The summed E-state index contributed by atoms with van der Waals surface area (Å²) in [6.45, 7) is 1.37. The molecular formula is C14H12BrClN2O3S. The summed E-state index contributed by atoms with van der Waals surface area (Å²) >= 11 is 9.20. The van der Waals surface area contributed by atoms with Gasteiger partial charge >= 0.3 is 0 Å². The van der Waals surface area contributed by atoms with Crippen molar-refractivity contribution in [1.29, 1.82) is 0 Å². The van der Waals surface area contributed by atoms with Crippen molar-refractivity contribution in [3.8, 4) is 0 Å². The van der Waals surface area contributed by atoms with Gasteiger partial charge in [0, 0.05) is 17.1 Å². The number of benzene rings is 2. The topological polar surface area (TPSA) is 75.3 Å². The molecule has 0 heterocycles. The predicted molar refractivity (Wildman–Crippen MR) is 90.7 cm³/mol. The number of nitrogens with one attached hydrogen (secondary N) is 2. The Morgan fingerprint density at radius 3 is 2.45 bits per heavy atom. The molecule has 0 unspecified atom stereocenters. The molecule has 1 amide bonds. The molecule has 2 N–H and O–H groups in total. The van der Waals surface area contributed by atoms with E-state index in [-0.39, 0.29) is 15.8 Å². The zero-order chi connectivity index (χ0) is 16.3. The number of carbonyl (C=O) groups excluding carboxylic acids is 1. The maximum Gasteiger partial charge on any atom is 0.263 e. The molecule has 5 nitrogen and oxygen atoms in total. The summed E-state index contributed by atoms with van der Waals surface area (Å²) in [5, 5.41) is 2.69. The molecule has 116 valence electrons. The molecule has 0 fully saturated rings. The van der Waals surface area contributed by atoms with Crippen LogP contribution in [0.15, 0.2) is 51.8 Å². The monoisotopic (exact) mass is 402 g/mol. The highest BCUT2D eigenvalue weighted by Gasteiger charge is 2.18. The molecule has 0 aliphatic heterocycles. The van der Waals surface area contributed by atoms with Crippen molar-refractivity contribution in [1.82, 2.24) is 0 Å². The highest BCUT2D eigenvalue weighted by molar-refractivity contribution is 9.10. The second-order valence-electron chi connectivity index (χ2n) is 4.44. The Hall–Kier alpha value is -1.57. The fourth-order valence-electron chi connectivity index (χ4n) is 1.77. The molecule has 0 spiro atoms. The van der Waals surface area contributed by atoms with Crippen LogP contribution < -0.4 is 10.0 Å². The highest BCUT2D eigenvalue weighted by Crippen LogP contribution is 2.27. The minimum atomic E-state index is -3.82. The van der Waals surface area contributed by atoms with Crippen LogP contribution in [0, 0.1) is 0 Å². The summed E-state index contributed by atoms with van der Waals surface area (Å²) in [4.78, 5) is 11.0. The Morgan fingerprint density at radius 1 is 1.14 bits per heavy atom. The maximum atomic E-state index is 12.4. The minimum absolute atomic E-state index is 0.0257. The van der Waals surface area contributed by atoms with Gasteiger partial charge in [-0.25, -0.2) is 8.42 Å². The van der Waals surface area contributed by atoms with E-state index in [1.807, 2.05) is 0 Å². The average molecular weight is 404 g/mol. The Labute approximate surface area is 141 Å². The highest BCUT2D eigenvalue weighted by atomic mass is 79.9. The lowest BCUT2D eigenvalue weighted by Gasteiger charge is -2.11. The van der Waals surface area contributed by atoms with Gasteiger partial charge in [-0.05, 0) is 36.4 Å². The molecule has 0 atom stereocenters. The molecule has 0 aliphatic carbocycles. The van der Waals surface area contributed by atoms with Crippen molar-refractivity contribution in [2.75, 3.05) is 10.0 Å². The number of hydrogen-bond donors (Lipinski definition) is 2. The average Bonchev–Trinajstić information content (AvgIpc) is 2.36. The van der Waals surface area contributed by atoms with E-state index < -0.39 is 10.0 Å². The zero-order valence-electron chi connectivity index (χ0n) is 11.4. The van der Waals surface area contributed by atoms with Gasteiger partial charge < -0.3 is 5.32 Å². The fraction of sp³-hybridized carbons (Fsp3) is 0.0714. The van der Waals surface area contributed by atoms with Gasteiger partial charge in [0.15, 0.2) is 0 Å². The van der Waals surface area contributed by atoms with E-state index in [1.165, 1.54) is 25.1 Å². The first-order chi connectivity index (χ1) is 10.3. The largest absolute Gasteiger partial charge is 0.326 e. The quantitative estimate of drug-likeness (QED) is 0.814. The van der Waals surface area contributed by atoms with Crippen LogP contribution in [0.2, 0.25) is 5.02 Å². The van der Waals surface area contributed by atoms with E-state index in [4.69, 9.17) is 11.6 Å². The molecule has 0 radical (unpaired) electrons. The van der Waals surface area contributed by atoms with Gasteiger partial charge in [0.2, 0.25) is 5.91 Å². The van der Waals surface area contributed by atoms with E-state index in [1.54, 1.807) is 24.3 Å². The summed E-state index contributed by atoms with van der Waals surface area (Å²) in [6, 6.07) is 10.9. The van der Waals surface area contributed by atoms with Crippen molar-refractivity contribution in [2.24, 2.45) is 0 Å². The van der Waals surface area contributed by atoms with E-state index >= 15 is 0 Å². The third-order valence-electron chi connectivity index (χ3n) is 2.62. The van der Waals surface area contributed by atoms with Gasteiger partial charge in [-0.3, -0.25) is 9.52 Å². The molecule has 0 bridgehead atoms. The van der Waals surface area contributed by atoms with Crippen molar-refractivity contribution < 1.29 is 13.2 Å². The van der Waals surface area contributed by atoms with Gasteiger partial charge in [-0.1, -0.05) is 33.6 Å². The molecule has 2 aromatic rings. The van der Waals surface area contributed by atoms with Gasteiger partial charge in [-0.15, -0.1) is 0 Å². The van der Waals surface area contributed by atoms with Crippen LogP contribution in [0.1, 0.15) is 6.92 Å². The maximum absolute atomic E-state index is 12.4. The van der Waals surface area contributed by atoms with Crippen molar-refractivity contribution in [3.63, 3.8) is 0 Å². The Bertz CT molecular complexity index is 825. The van der Waals surface area contributed by atoms with Crippen LogP contribution in [0.5, 0.6) is 0 Å². The third-order valence-corrected chi connectivity index (χ3v) is 4.98. The molecule has 8 heteroatoms. The number of hydrogen-bond acceptors (Lipinski definition) is 3. The smallest absolute Gasteiger partial charge is 0.263 e. The number of carbonyl (C=O) groups is 1. The first kappa shape index (κ1) is 16.8. The summed E-state index contributed by atoms with van der Waals surface area (Å²) in [5.74, 6) is -0.240. The number of sulfonamides is 1. The van der Waals surface area contributed by atoms with Crippen LogP contribution in [0.4, 0.5) is 11.4 Å². The van der Waals surface area contributed by atoms with Crippen LogP contribution in [-0.4, -0.2) is 14.3 Å². The van der Waals surface area contributed by atoms with Gasteiger partial charge in [-0.2, -0.15) is 0 Å². The lowest BCUT2D eigenvalue weighted by atomic mass is 10.3. The van der Waals surface area contributed by atoms with Crippen LogP contribution in [0.3, 0.4) is 0 Å². The minimum Gasteiger partial charge on any atom is -0.326 e. The first-order valence-corrected chi connectivity index (χ1v) is 8.79. The summed E-state index contributed by atoms with van der Waals surface area (Å²) in [7, 11) is -3.82. The second kappa shape index (κ2) is 6.68. The van der Waals surface area contributed by atoms with Gasteiger partial charge in [0.25, 0.3) is 10.0 Å². The van der Waals surface area contributed by atoms with Crippen LogP contribution >= 0.6 is 27.5 Å². The Kier molecular flexibility index (Phi) is 5.10. The standard InChI is InChI=1S/C14H12BrClN2O3S/c1-9(19)17-11-3-2-4-12(8-11)18-22(20,21)14-6-5-10(15)7-13(14)16/h2-8,18H,1H3,(H,17,19). The molecule has 0 saturated carbocycles. The molecule has 2 rings (SSSR count). The van der Waals surface area contributed by atoms with Gasteiger partial charge in [0.1, 0.15) is 4.90 Å². The SMILES string of the molecule is CC(=O)Nc1cccc(NS(=O)(=O)c2ccc(Br)cc2Cl)c1. The summed E-state index contributed by atoms with van der Waals surface area (Å²) < 4.78 is 27.9. The third kappa shape index (κ3) is 4.22. The van der Waals surface area contributed by atoms with Gasteiger partial charge in [0.05, 0.1) is 10.7 Å². The van der Waals surface area contributed by atoms with Crippen LogP contribution in [0.25, 0.3) is 0 Å². The number of rotatable bonds is 4. The molecule has 0 aliphatic rings. The molecule has 2 aromatic carbocycles. The fourth-order valence-corrected chi connectivity index (χ4v) is 3.86. The summed E-state index contributed by atoms with van der Waals surface area (Å²) in [6.07, 6.45) is 0. The van der Waals surface area contributed by atoms with E-state index in [9.17, 15) is 13.2 Å². The van der Waals surface area contributed by atoms with E-state index in [2.05, 4.69) is 26.0 Å². The summed E-state index contributed by atoms with van der Waals surface area (Å²) in [5.41, 5.74) is 0.819. The van der Waals surface area contributed by atoms with Crippen LogP contribution in [-0.2, 0) is 14.8 Å². The first-order valence-electron chi connectivity index (χ1n) is 6.13. The number of halogens is 2.